The van der Waals surface area contributed by atoms with Crippen LogP contribution in [0.5, 0.6) is 0 Å². The van der Waals surface area contributed by atoms with Crippen molar-refractivity contribution >= 4 is 21.7 Å². The number of anilines is 1. The maximum atomic E-state index is 13.0. The third kappa shape index (κ3) is 2.17. The summed E-state index contributed by atoms with van der Waals surface area (Å²) >= 11 is 3.12. The molecule has 1 heterocycles. The molecule has 0 radical (unpaired) electrons. The summed E-state index contributed by atoms with van der Waals surface area (Å²) in [5.41, 5.74) is 3.82. The number of halogens is 2. The largest absolute Gasteiger partial charge is 0.307 e. The van der Waals surface area contributed by atoms with E-state index in [0.717, 1.165) is 5.56 Å². The fourth-order valence-corrected chi connectivity index (χ4v) is 1.60. The van der Waals surface area contributed by atoms with Crippen LogP contribution in [0.3, 0.4) is 0 Å². The summed E-state index contributed by atoms with van der Waals surface area (Å²) in [6, 6.07) is 8.10. The number of nitrogens with two attached hydrogens (primary N) is 1. The van der Waals surface area contributed by atoms with Crippen LogP contribution in [0.1, 0.15) is 0 Å². The molecule has 0 saturated heterocycles. The summed E-state index contributed by atoms with van der Waals surface area (Å²) in [5, 5.41) is 7.79. The molecule has 0 saturated carbocycles. The van der Waals surface area contributed by atoms with Crippen LogP contribution in [-0.4, -0.2) is 10.2 Å². The van der Waals surface area contributed by atoms with Crippen LogP contribution in [-0.2, 0) is 0 Å². The first-order chi connectivity index (χ1) is 7.70. The van der Waals surface area contributed by atoms with Crippen molar-refractivity contribution < 1.29 is 4.39 Å². The molecule has 0 unspecified atom stereocenters. The second kappa shape index (κ2) is 4.54. The van der Waals surface area contributed by atoms with Crippen molar-refractivity contribution in [1.82, 2.24) is 10.2 Å². The van der Waals surface area contributed by atoms with E-state index >= 15 is 0 Å². The lowest BCUT2D eigenvalue weighted by atomic mass is 10.1. The van der Waals surface area contributed by atoms with E-state index in [2.05, 4.69) is 31.6 Å². The van der Waals surface area contributed by atoms with E-state index in [1.54, 1.807) is 24.3 Å². The Kier molecular flexibility index (Phi) is 3.12. The highest BCUT2D eigenvalue weighted by molar-refractivity contribution is 9.10. The Bertz CT molecular complexity index is 501. The molecule has 2 rings (SSSR count). The predicted octanol–water partition coefficient (Wildman–Crippen LogP) is 2.33. The van der Waals surface area contributed by atoms with Gasteiger partial charge in [-0.15, -0.1) is 10.2 Å². The first-order valence-electron chi connectivity index (χ1n) is 4.46. The summed E-state index contributed by atoms with van der Waals surface area (Å²) in [6.45, 7) is 0. The Morgan fingerprint density at radius 2 is 2.00 bits per heavy atom. The molecule has 0 aliphatic rings. The van der Waals surface area contributed by atoms with Crippen LogP contribution in [0.2, 0.25) is 0 Å². The Morgan fingerprint density at radius 1 is 1.19 bits per heavy atom. The van der Waals surface area contributed by atoms with Gasteiger partial charge < -0.3 is 5.43 Å². The van der Waals surface area contributed by atoms with E-state index < -0.39 is 0 Å². The minimum atomic E-state index is -0.308. The zero-order chi connectivity index (χ0) is 11.5. The summed E-state index contributed by atoms with van der Waals surface area (Å²) in [6.07, 6.45) is 0. The second-order valence-electron chi connectivity index (χ2n) is 3.08. The summed E-state index contributed by atoms with van der Waals surface area (Å²) < 4.78 is 13.4. The number of benzene rings is 1. The highest BCUT2D eigenvalue weighted by Gasteiger charge is 2.04. The first kappa shape index (κ1) is 11.0. The van der Waals surface area contributed by atoms with Gasteiger partial charge in [-0.25, -0.2) is 10.2 Å². The van der Waals surface area contributed by atoms with Crippen LogP contribution in [0.15, 0.2) is 34.8 Å². The summed E-state index contributed by atoms with van der Waals surface area (Å²) in [5.74, 6) is 5.34. The van der Waals surface area contributed by atoms with Gasteiger partial charge in [-0.05, 0) is 46.3 Å². The third-order valence-electron chi connectivity index (χ3n) is 2.03. The van der Waals surface area contributed by atoms with Crippen LogP contribution < -0.4 is 11.3 Å². The van der Waals surface area contributed by atoms with Crippen molar-refractivity contribution in [2.24, 2.45) is 5.84 Å². The molecule has 2 aromatic rings. The Hall–Kier alpha value is -1.53. The normalized spacial score (nSPS) is 10.2. The van der Waals surface area contributed by atoms with E-state index in [-0.39, 0.29) is 5.82 Å². The standard InChI is InChI=1S/C10H8BrFN4/c11-7-5-6(1-2-8(7)12)9-3-4-10(14-13)16-15-9/h1-5H,13H2,(H,14,16). The molecule has 6 heteroatoms. The summed E-state index contributed by atoms with van der Waals surface area (Å²) in [4.78, 5) is 0. The minimum Gasteiger partial charge on any atom is -0.307 e. The van der Waals surface area contributed by atoms with E-state index in [0.29, 0.717) is 16.0 Å². The number of nitrogens with one attached hydrogen (secondary N) is 1. The van der Waals surface area contributed by atoms with Gasteiger partial charge in [0.1, 0.15) is 5.82 Å². The maximum absolute atomic E-state index is 13.0. The highest BCUT2D eigenvalue weighted by Crippen LogP contribution is 2.23. The Balaban J connectivity index is 2.38. The number of hydrogen-bond donors (Lipinski definition) is 2. The Labute approximate surface area is 99.8 Å². The Morgan fingerprint density at radius 3 is 2.56 bits per heavy atom. The van der Waals surface area contributed by atoms with E-state index in [1.807, 2.05) is 0 Å². The maximum Gasteiger partial charge on any atom is 0.162 e. The molecule has 0 spiro atoms. The molecule has 0 amide bonds. The molecule has 0 fully saturated rings. The molecule has 0 bridgehead atoms. The first-order valence-corrected chi connectivity index (χ1v) is 5.26. The molecular formula is C10H8BrFN4. The van der Waals surface area contributed by atoms with Crippen LogP contribution >= 0.6 is 15.9 Å². The van der Waals surface area contributed by atoms with Gasteiger partial charge in [-0.1, -0.05) is 0 Å². The zero-order valence-corrected chi connectivity index (χ0v) is 9.70. The van der Waals surface area contributed by atoms with Crippen LogP contribution in [0.25, 0.3) is 11.3 Å². The van der Waals surface area contributed by atoms with Crippen molar-refractivity contribution in [3.63, 3.8) is 0 Å². The quantitative estimate of drug-likeness (QED) is 0.656. The van der Waals surface area contributed by atoms with Gasteiger partial charge in [0.25, 0.3) is 0 Å². The van der Waals surface area contributed by atoms with E-state index in [1.165, 1.54) is 6.07 Å². The zero-order valence-electron chi connectivity index (χ0n) is 8.11. The topological polar surface area (TPSA) is 63.8 Å². The average Bonchev–Trinajstić information content (AvgIpc) is 2.33. The number of nitrogen functional groups attached to an aromatic ring is 1. The van der Waals surface area contributed by atoms with Crippen molar-refractivity contribution in [3.8, 4) is 11.3 Å². The van der Waals surface area contributed by atoms with Gasteiger partial charge in [0.15, 0.2) is 5.82 Å². The van der Waals surface area contributed by atoms with Crippen molar-refractivity contribution in [1.29, 1.82) is 0 Å². The van der Waals surface area contributed by atoms with Crippen molar-refractivity contribution in [2.45, 2.75) is 0 Å². The molecule has 1 aromatic carbocycles. The SMILES string of the molecule is NNc1ccc(-c2ccc(F)c(Br)c2)nn1. The highest BCUT2D eigenvalue weighted by atomic mass is 79.9. The van der Waals surface area contributed by atoms with E-state index in [9.17, 15) is 4.39 Å². The molecule has 4 nitrogen and oxygen atoms in total. The lowest BCUT2D eigenvalue weighted by Gasteiger charge is -2.02. The predicted molar refractivity (Wildman–Crippen MR) is 62.9 cm³/mol. The molecule has 0 atom stereocenters. The van der Waals surface area contributed by atoms with Gasteiger partial charge >= 0.3 is 0 Å². The van der Waals surface area contributed by atoms with Gasteiger partial charge in [-0.3, -0.25) is 0 Å². The number of hydrogen-bond acceptors (Lipinski definition) is 4. The number of nitrogens with zero attached hydrogens (tertiary/aromatic N) is 2. The molecule has 0 aliphatic heterocycles. The molecule has 16 heavy (non-hydrogen) atoms. The van der Waals surface area contributed by atoms with Gasteiger partial charge in [-0.2, -0.15) is 0 Å². The number of hydrazine groups is 1. The molecule has 0 aliphatic carbocycles. The van der Waals surface area contributed by atoms with Crippen molar-refractivity contribution in [2.75, 3.05) is 5.43 Å². The number of aromatic nitrogens is 2. The fourth-order valence-electron chi connectivity index (χ4n) is 1.22. The van der Waals surface area contributed by atoms with Gasteiger partial charge in [0.05, 0.1) is 10.2 Å². The van der Waals surface area contributed by atoms with Crippen LogP contribution in [0.4, 0.5) is 10.2 Å². The monoisotopic (exact) mass is 282 g/mol. The summed E-state index contributed by atoms with van der Waals surface area (Å²) in [7, 11) is 0. The second-order valence-corrected chi connectivity index (χ2v) is 3.93. The van der Waals surface area contributed by atoms with Crippen LogP contribution in [0, 0.1) is 5.82 Å². The third-order valence-corrected chi connectivity index (χ3v) is 2.64. The number of rotatable bonds is 2. The lowest BCUT2D eigenvalue weighted by molar-refractivity contribution is 0.621. The minimum absolute atomic E-state index is 0.308. The molecule has 1 aromatic heterocycles. The van der Waals surface area contributed by atoms with Gasteiger partial charge in [0.2, 0.25) is 0 Å². The lowest BCUT2D eigenvalue weighted by Crippen LogP contribution is -2.08. The smallest absolute Gasteiger partial charge is 0.162 e. The fraction of sp³-hybridized carbons (Fsp3) is 0. The van der Waals surface area contributed by atoms with Gasteiger partial charge in [0, 0.05) is 5.56 Å². The molecular weight excluding hydrogens is 275 g/mol. The molecule has 82 valence electrons. The average molecular weight is 283 g/mol. The van der Waals surface area contributed by atoms with E-state index in [4.69, 9.17) is 5.84 Å². The molecule has 3 N–H and O–H groups in total. The van der Waals surface area contributed by atoms with Crippen molar-refractivity contribution in [3.05, 3.63) is 40.6 Å².